The maximum Gasteiger partial charge on any atom is 0.221 e. The van der Waals surface area contributed by atoms with Crippen molar-refractivity contribution in [3.63, 3.8) is 0 Å². The van der Waals surface area contributed by atoms with Crippen molar-refractivity contribution in [2.75, 3.05) is 7.11 Å². The van der Waals surface area contributed by atoms with E-state index < -0.39 is 6.04 Å². The van der Waals surface area contributed by atoms with Gasteiger partial charge in [-0.15, -0.1) is 0 Å². The van der Waals surface area contributed by atoms with Crippen molar-refractivity contribution < 1.29 is 14.6 Å². The molecule has 1 amide bonds. The normalized spacial score (nSPS) is 11.8. The number of carbonyl (C=O) groups is 1. The monoisotopic (exact) mass is 411 g/mol. The molecular formula is C27H25NO3. The van der Waals surface area contributed by atoms with Crippen molar-refractivity contribution in [2.24, 2.45) is 0 Å². The molecule has 0 bridgehead atoms. The molecule has 0 heterocycles. The highest BCUT2D eigenvalue weighted by molar-refractivity contribution is 5.89. The fourth-order valence-electron chi connectivity index (χ4n) is 3.84. The van der Waals surface area contributed by atoms with Crippen LogP contribution in [-0.4, -0.2) is 18.1 Å². The van der Waals surface area contributed by atoms with Crippen LogP contribution in [0.1, 0.15) is 29.2 Å². The third kappa shape index (κ3) is 4.69. The van der Waals surface area contributed by atoms with Gasteiger partial charge in [-0.1, -0.05) is 72.8 Å². The first-order valence-corrected chi connectivity index (χ1v) is 10.3. The van der Waals surface area contributed by atoms with Gasteiger partial charge < -0.3 is 15.2 Å². The molecule has 4 heteroatoms. The molecule has 0 radical (unpaired) electrons. The number of aryl methyl sites for hydroxylation is 1. The second-order valence-corrected chi connectivity index (χ2v) is 7.48. The van der Waals surface area contributed by atoms with Crippen LogP contribution in [-0.2, 0) is 11.2 Å². The van der Waals surface area contributed by atoms with Crippen LogP contribution in [0.4, 0.5) is 0 Å². The van der Waals surface area contributed by atoms with Gasteiger partial charge in [-0.3, -0.25) is 4.79 Å². The minimum absolute atomic E-state index is 0.0722. The number of phenolic OH excluding ortho intramolecular Hbond substituents is 1. The molecule has 0 saturated heterocycles. The van der Waals surface area contributed by atoms with E-state index in [1.165, 1.54) is 0 Å². The molecular weight excluding hydrogens is 386 g/mol. The summed E-state index contributed by atoms with van der Waals surface area (Å²) in [5.41, 5.74) is 2.68. The molecule has 0 aromatic heterocycles. The molecule has 4 nitrogen and oxygen atoms in total. The van der Waals surface area contributed by atoms with Crippen LogP contribution in [0.2, 0.25) is 0 Å². The fourth-order valence-corrected chi connectivity index (χ4v) is 3.84. The Labute approximate surface area is 182 Å². The predicted molar refractivity (Wildman–Crippen MR) is 123 cm³/mol. The van der Waals surface area contributed by atoms with Crippen molar-refractivity contribution in [1.29, 1.82) is 0 Å². The third-order valence-electron chi connectivity index (χ3n) is 5.47. The smallest absolute Gasteiger partial charge is 0.221 e. The average molecular weight is 412 g/mol. The Hall–Kier alpha value is -3.79. The van der Waals surface area contributed by atoms with Gasteiger partial charge >= 0.3 is 0 Å². The number of ether oxygens (including phenoxy) is 1. The second-order valence-electron chi connectivity index (χ2n) is 7.48. The summed E-state index contributed by atoms with van der Waals surface area (Å²) in [6.07, 6.45) is 1.02. The Morgan fingerprint density at radius 1 is 0.903 bits per heavy atom. The van der Waals surface area contributed by atoms with Crippen LogP contribution < -0.4 is 10.1 Å². The summed E-state index contributed by atoms with van der Waals surface area (Å²) in [6, 6.07) is 28.5. The highest BCUT2D eigenvalue weighted by Crippen LogP contribution is 2.36. The Bertz CT molecular complexity index is 1170. The standard InChI is InChI=1S/C27H25NO3/c1-31-22-15-12-21(13-16-22)27(28-25(30)18-11-19-7-3-2-4-8-19)26-23-10-6-5-9-20(23)14-17-24(26)29/h2-10,12-17,27,29H,11,18H2,1H3,(H,28,30)/t27-/m1/s1. The van der Waals surface area contributed by atoms with E-state index in [9.17, 15) is 9.90 Å². The summed E-state index contributed by atoms with van der Waals surface area (Å²) in [6.45, 7) is 0. The van der Waals surface area contributed by atoms with Crippen molar-refractivity contribution >= 4 is 16.7 Å². The molecule has 1 atom stereocenters. The van der Waals surface area contributed by atoms with Gasteiger partial charge in [0.1, 0.15) is 11.5 Å². The largest absolute Gasteiger partial charge is 0.508 e. The van der Waals surface area contributed by atoms with Crippen LogP contribution in [0.25, 0.3) is 10.8 Å². The first kappa shape index (κ1) is 20.5. The molecule has 156 valence electrons. The summed E-state index contributed by atoms with van der Waals surface area (Å²) < 4.78 is 5.28. The van der Waals surface area contributed by atoms with Crippen molar-refractivity contribution in [3.05, 3.63) is 108 Å². The van der Waals surface area contributed by atoms with Crippen LogP contribution in [0.5, 0.6) is 11.5 Å². The molecule has 0 unspecified atom stereocenters. The first-order chi connectivity index (χ1) is 15.2. The van der Waals surface area contributed by atoms with E-state index in [-0.39, 0.29) is 11.7 Å². The van der Waals surface area contributed by atoms with Gasteiger partial charge in [0.05, 0.1) is 13.2 Å². The zero-order valence-corrected chi connectivity index (χ0v) is 17.4. The predicted octanol–water partition coefficient (Wildman–Crippen LogP) is 5.39. The lowest BCUT2D eigenvalue weighted by Crippen LogP contribution is -2.29. The number of fused-ring (bicyclic) bond motifs is 1. The number of phenols is 1. The van der Waals surface area contributed by atoms with Crippen LogP contribution in [0, 0.1) is 0 Å². The minimum Gasteiger partial charge on any atom is -0.508 e. The Morgan fingerprint density at radius 2 is 1.61 bits per heavy atom. The van der Waals surface area contributed by atoms with Gasteiger partial charge in [-0.2, -0.15) is 0 Å². The summed E-state index contributed by atoms with van der Waals surface area (Å²) in [4.78, 5) is 12.9. The SMILES string of the molecule is COc1ccc([C@@H](NC(=O)CCc2ccccc2)c2c(O)ccc3ccccc23)cc1. The molecule has 0 saturated carbocycles. The van der Waals surface area contributed by atoms with E-state index >= 15 is 0 Å². The Kier molecular flexibility index (Phi) is 6.18. The van der Waals surface area contributed by atoms with Crippen LogP contribution in [0.3, 0.4) is 0 Å². The maximum absolute atomic E-state index is 12.9. The number of nitrogens with one attached hydrogen (secondary N) is 1. The molecule has 0 aliphatic carbocycles. The lowest BCUT2D eigenvalue weighted by Gasteiger charge is -2.23. The first-order valence-electron chi connectivity index (χ1n) is 10.3. The topological polar surface area (TPSA) is 58.6 Å². The molecule has 0 aliphatic heterocycles. The van der Waals surface area contributed by atoms with Crippen molar-refractivity contribution in [1.82, 2.24) is 5.32 Å². The number of hydrogen-bond acceptors (Lipinski definition) is 3. The van der Waals surface area contributed by atoms with E-state index in [4.69, 9.17) is 4.74 Å². The van der Waals surface area contributed by atoms with Crippen molar-refractivity contribution in [3.8, 4) is 11.5 Å². The molecule has 0 spiro atoms. The summed E-state index contributed by atoms with van der Waals surface area (Å²) >= 11 is 0. The number of benzene rings is 4. The molecule has 4 rings (SSSR count). The molecule has 2 N–H and O–H groups in total. The van der Waals surface area contributed by atoms with Gasteiger partial charge in [0.15, 0.2) is 0 Å². The van der Waals surface area contributed by atoms with Gasteiger partial charge in [0, 0.05) is 12.0 Å². The van der Waals surface area contributed by atoms with E-state index in [1.54, 1.807) is 13.2 Å². The zero-order chi connectivity index (χ0) is 21.6. The minimum atomic E-state index is -0.486. The highest BCUT2D eigenvalue weighted by atomic mass is 16.5. The number of hydrogen-bond donors (Lipinski definition) is 2. The molecule has 4 aromatic carbocycles. The summed E-state index contributed by atoms with van der Waals surface area (Å²) in [7, 11) is 1.62. The van der Waals surface area contributed by atoms with Gasteiger partial charge in [-0.25, -0.2) is 0 Å². The maximum atomic E-state index is 12.9. The summed E-state index contributed by atoms with van der Waals surface area (Å²) in [5.74, 6) is 0.819. The number of carbonyl (C=O) groups excluding carboxylic acids is 1. The molecule has 31 heavy (non-hydrogen) atoms. The molecule has 0 fully saturated rings. The number of amides is 1. The second kappa shape index (κ2) is 9.35. The fraction of sp³-hybridized carbons (Fsp3) is 0.148. The quantitative estimate of drug-likeness (QED) is 0.429. The molecule has 0 aliphatic rings. The third-order valence-corrected chi connectivity index (χ3v) is 5.47. The van der Waals surface area contributed by atoms with E-state index in [1.807, 2.05) is 84.9 Å². The number of aromatic hydroxyl groups is 1. The lowest BCUT2D eigenvalue weighted by molar-refractivity contribution is -0.121. The van der Waals surface area contributed by atoms with Gasteiger partial charge in [0.25, 0.3) is 0 Å². The van der Waals surface area contributed by atoms with E-state index in [2.05, 4.69) is 5.32 Å². The Balaban J connectivity index is 1.68. The summed E-state index contributed by atoms with van der Waals surface area (Å²) in [5, 5.41) is 15.9. The lowest BCUT2D eigenvalue weighted by atomic mass is 9.92. The number of methoxy groups -OCH3 is 1. The zero-order valence-electron chi connectivity index (χ0n) is 17.4. The van der Waals surface area contributed by atoms with Crippen LogP contribution >= 0.6 is 0 Å². The highest BCUT2D eigenvalue weighted by Gasteiger charge is 2.22. The van der Waals surface area contributed by atoms with Crippen molar-refractivity contribution in [2.45, 2.75) is 18.9 Å². The average Bonchev–Trinajstić information content (AvgIpc) is 2.82. The van der Waals surface area contributed by atoms with Gasteiger partial charge in [-0.05, 0) is 46.5 Å². The van der Waals surface area contributed by atoms with E-state index in [0.29, 0.717) is 18.4 Å². The van der Waals surface area contributed by atoms with Crippen LogP contribution in [0.15, 0.2) is 91.0 Å². The van der Waals surface area contributed by atoms with E-state index in [0.717, 1.165) is 27.6 Å². The number of rotatable bonds is 7. The van der Waals surface area contributed by atoms with Gasteiger partial charge in [0.2, 0.25) is 5.91 Å². The Morgan fingerprint density at radius 3 is 2.35 bits per heavy atom. The molecule has 4 aromatic rings.